The Labute approximate surface area is 147 Å². The third-order valence-corrected chi connectivity index (χ3v) is 5.72. The lowest BCUT2D eigenvalue weighted by Gasteiger charge is -2.26. The van der Waals surface area contributed by atoms with Crippen LogP contribution in [0.2, 0.25) is 0 Å². The largest absolute Gasteiger partial charge is 0.357 e. The van der Waals surface area contributed by atoms with E-state index in [0.717, 1.165) is 18.9 Å². The van der Waals surface area contributed by atoms with Crippen LogP contribution in [0.15, 0.2) is 18.3 Å². The molecule has 2 aliphatic rings. The molecule has 0 aromatic carbocycles. The molecular weight excluding hydrogens is 324 g/mol. The molecule has 0 aliphatic carbocycles. The molecule has 7 heteroatoms. The van der Waals surface area contributed by atoms with Crippen molar-refractivity contribution in [1.29, 1.82) is 0 Å². The van der Waals surface area contributed by atoms with E-state index >= 15 is 0 Å². The minimum absolute atomic E-state index is 0.0116. The lowest BCUT2D eigenvalue weighted by atomic mass is 10.2. The van der Waals surface area contributed by atoms with Crippen LogP contribution >= 0.6 is 11.8 Å². The molecule has 0 saturated carbocycles. The van der Waals surface area contributed by atoms with Crippen molar-refractivity contribution >= 4 is 29.4 Å². The van der Waals surface area contributed by atoms with E-state index in [0.29, 0.717) is 23.7 Å². The summed E-state index contributed by atoms with van der Waals surface area (Å²) >= 11 is 1.62. The Morgan fingerprint density at radius 1 is 1.33 bits per heavy atom. The van der Waals surface area contributed by atoms with Crippen molar-refractivity contribution in [2.75, 3.05) is 43.2 Å². The third-order valence-electron chi connectivity index (χ3n) is 4.70. The smallest absolute Gasteiger partial charge is 0.256 e. The monoisotopic (exact) mass is 348 g/mol. The van der Waals surface area contributed by atoms with Crippen LogP contribution < -0.4 is 4.90 Å². The summed E-state index contributed by atoms with van der Waals surface area (Å²) in [7, 11) is 1.78. The summed E-state index contributed by atoms with van der Waals surface area (Å²) in [4.78, 5) is 35.3. The molecule has 2 amide bonds. The number of carbonyl (C=O) groups is 2. The minimum Gasteiger partial charge on any atom is -0.357 e. The van der Waals surface area contributed by atoms with Gasteiger partial charge in [-0.15, -0.1) is 11.8 Å². The molecule has 2 fully saturated rings. The van der Waals surface area contributed by atoms with Crippen molar-refractivity contribution in [3.8, 4) is 0 Å². The summed E-state index contributed by atoms with van der Waals surface area (Å²) in [6.45, 7) is 4.65. The first-order valence-electron chi connectivity index (χ1n) is 8.46. The Hall–Kier alpha value is -1.76. The van der Waals surface area contributed by atoms with E-state index in [9.17, 15) is 9.59 Å². The predicted molar refractivity (Wildman–Crippen MR) is 96.3 cm³/mol. The van der Waals surface area contributed by atoms with Gasteiger partial charge in [-0.25, -0.2) is 4.98 Å². The van der Waals surface area contributed by atoms with Gasteiger partial charge in [0.1, 0.15) is 11.9 Å². The maximum Gasteiger partial charge on any atom is 0.256 e. The summed E-state index contributed by atoms with van der Waals surface area (Å²) in [5, 5.41) is 0. The zero-order chi connectivity index (χ0) is 17.1. The highest BCUT2D eigenvalue weighted by molar-refractivity contribution is 7.99. The summed E-state index contributed by atoms with van der Waals surface area (Å²) in [6.07, 6.45) is 4.04. The van der Waals surface area contributed by atoms with E-state index in [4.69, 9.17) is 0 Å². The third kappa shape index (κ3) is 3.36. The zero-order valence-corrected chi connectivity index (χ0v) is 15.1. The number of likely N-dealkylation sites (N-methyl/N-ethyl adjacent to an activating group) is 1. The SMILES string of the molecule is CCN(C)C(=O)C1CSCN1C(=O)c1ccc(N2CCCC2)nc1. The molecule has 2 aliphatic heterocycles. The number of amides is 2. The Balaban J connectivity index is 1.71. The van der Waals surface area contributed by atoms with Crippen molar-refractivity contribution in [2.24, 2.45) is 0 Å². The summed E-state index contributed by atoms with van der Waals surface area (Å²) in [5.74, 6) is 2.05. The standard InChI is InChI=1S/C17H24N4O2S/c1-3-19(2)17(23)14-11-24-12-21(14)16(22)13-6-7-15(18-10-13)20-8-4-5-9-20/h6-7,10,14H,3-5,8-9,11-12H2,1-2H3. The van der Waals surface area contributed by atoms with E-state index in [1.54, 1.807) is 34.8 Å². The number of nitrogens with zero attached hydrogens (tertiary/aromatic N) is 4. The van der Waals surface area contributed by atoms with Gasteiger partial charge in [0.25, 0.3) is 5.91 Å². The highest BCUT2D eigenvalue weighted by atomic mass is 32.2. The van der Waals surface area contributed by atoms with Crippen molar-refractivity contribution in [1.82, 2.24) is 14.8 Å². The second kappa shape index (κ2) is 7.42. The van der Waals surface area contributed by atoms with Crippen LogP contribution in [-0.4, -0.2) is 71.0 Å². The fourth-order valence-electron chi connectivity index (χ4n) is 3.07. The molecule has 24 heavy (non-hydrogen) atoms. The lowest BCUT2D eigenvalue weighted by molar-refractivity contribution is -0.133. The molecule has 130 valence electrons. The Kier molecular flexibility index (Phi) is 5.28. The summed E-state index contributed by atoms with van der Waals surface area (Å²) in [6, 6.07) is 3.37. The minimum atomic E-state index is -0.370. The second-order valence-electron chi connectivity index (χ2n) is 6.24. The quantitative estimate of drug-likeness (QED) is 0.829. The van der Waals surface area contributed by atoms with Crippen LogP contribution in [0, 0.1) is 0 Å². The van der Waals surface area contributed by atoms with E-state index in [1.165, 1.54) is 12.8 Å². The zero-order valence-electron chi connectivity index (χ0n) is 14.3. The van der Waals surface area contributed by atoms with Gasteiger partial charge >= 0.3 is 0 Å². The molecule has 0 spiro atoms. The fourth-order valence-corrected chi connectivity index (χ4v) is 4.21. The van der Waals surface area contributed by atoms with Crippen LogP contribution in [-0.2, 0) is 4.79 Å². The van der Waals surface area contributed by atoms with Gasteiger partial charge in [-0.05, 0) is 31.9 Å². The number of thioether (sulfide) groups is 1. The van der Waals surface area contributed by atoms with E-state index in [1.807, 2.05) is 19.1 Å². The van der Waals surface area contributed by atoms with Gasteiger partial charge in [0.05, 0.1) is 11.4 Å². The van der Waals surface area contributed by atoms with Crippen LogP contribution in [0.25, 0.3) is 0 Å². The first kappa shape index (κ1) is 17.1. The Morgan fingerprint density at radius 3 is 2.71 bits per heavy atom. The Morgan fingerprint density at radius 2 is 2.08 bits per heavy atom. The number of pyridine rings is 1. The van der Waals surface area contributed by atoms with E-state index in [-0.39, 0.29) is 17.9 Å². The van der Waals surface area contributed by atoms with Gasteiger partial charge < -0.3 is 14.7 Å². The maximum atomic E-state index is 12.8. The van der Waals surface area contributed by atoms with Crippen molar-refractivity contribution in [2.45, 2.75) is 25.8 Å². The molecule has 3 rings (SSSR count). The first-order valence-corrected chi connectivity index (χ1v) is 9.62. The van der Waals surface area contributed by atoms with E-state index < -0.39 is 0 Å². The van der Waals surface area contributed by atoms with Crippen molar-refractivity contribution < 1.29 is 9.59 Å². The number of rotatable bonds is 4. The second-order valence-corrected chi connectivity index (χ2v) is 7.24. The number of hydrogen-bond donors (Lipinski definition) is 0. The lowest BCUT2D eigenvalue weighted by Crippen LogP contribution is -2.47. The summed E-state index contributed by atoms with van der Waals surface area (Å²) < 4.78 is 0. The number of hydrogen-bond acceptors (Lipinski definition) is 5. The number of carbonyl (C=O) groups excluding carboxylic acids is 2. The highest BCUT2D eigenvalue weighted by Crippen LogP contribution is 2.25. The predicted octanol–water partition coefficient (Wildman–Crippen LogP) is 1.68. The molecule has 1 atom stereocenters. The van der Waals surface area contributed by atoms with Gasteiger partial charge in [-0.3, -0.25) is 9.59 Å². The molecule has 0 radical (unpaired) electrons. The fraction of sp³-hybridized carbons (Fsp3) is 0.588. The van der Waals surface area contributed by atoms with Gasteiger partial charge in [-0.1, -0.05) is 0 Å². The normalized spacial score (nSPS) is 20.5. The molecule has 3 heterocycles. The van der Waals surface area contributed by atoms with Crippen molar-refractivity contribution in [3.63, 3.8) is 0 Å². The Bertz CT molecular complexity index is 601. The highest BCUT2D eigenvalue weighted by Gasteiger charge is 2.36. The first-order chi connectivity index (χ1) is 11.6. The number of anilines is 1. The molecular formula is C17H24N4O2S. The van der Waals surface area contributed by atoms with Crippen LogP contribution in [0.5, 0.6) is 0 Å². The maximum absolute atomic E-state index is 12.8. The average molecular weight is 348 g/mol. The van der Waals surface area contributed by atoms with Crippen molar-refractivity contribution in [3.05, 3.63) is 23.9 Å². The topological polar surface area (TPSA) is 56.8 Å². The molecule has 1 aromatic heterocycles. The van der Waals surface area contributed by atoms with Crippen LogP contribution in [0.3, 0.4) is 0 Å². The van der Waals surface area contributed by atoms with Gasteiger partial charge in [0, 0.05) is 38.6 Å². The van der Waals surface area contributed by atoms with Gasteiger partial charge in [0.15, 0.2) is 0 Å². The van der Waals surface area contributed by atoms with Gasteiger partial charge in [0.2, 0.25) is 5.91 Å². The van der Waals surface area contributed by atoms with Crippen LogP contribution in [0.4, 0.5) is 5.82 Å². The molecule has 0 bridgehead atoms. The molecule has 6 nitrogen and oxygen atoms in total. The molecule has 2 saturated heterocycles. The molecule has 1 unspecified atom stereocenters. The molecule has 1 aromatic rings. The molecule has 0 N–H and O–H groups in total. The van der Waals surface area contributed by atoms with Crippen LogP contribution in [0.1, 0.15) is 30.1 Å². The average Bonchev–Trinajstić information content (AvgIpc) is 3.31. The number of aromatic nitrogens is 1. The summed E-state index contributed by atoms with van der Waals surface area (Å²) in [5.41, 5.74) is 0.553. The van der Waals surface area contributed by atoms with E-state index in [2.05, 4.69) is 9.88 Å². The van der Waals surface area contributed by atoms with Gasteiger partial charge in [-0.2, -0.15) is 0 Å².